The van der Waals surface area contributed by atoms with Gasteiger partial charge in [0.15, 0.2) is 11.4 Å². The van der Waals surface area contributed by atoms with Gasteiger partial charge in [-0.25, -0.2) is 13.2 Å². The average Bonchev–Trinajstić information content (AvgIpc) is 3.03. The summed E-state index contributed by atoms with van der Waals surface area (Å²) in [7, 11) is 0. The quantitative estimate of drug-likeness (QED) is 0.486. The molecule has 2 aliphatic rings. The van der Waals surface area contributed by atoms with Crippen molar-refractivity contribution < 1.29 is 27.5 Å². The number of carbonyl (C=O) groups is 2. The van der Waals surface area contributed by atoms with Crippen LogP contribution in [0.25, 0.3) is 0 Å². The molecule has 2 atom stereocenters. The normalized spacial score (nSPS) is 18.0. The molecular weight excluding hydrogens is 513 g/mol. The van der Waals surface area contributed by atoms with Gasteiger partial charge in [-0.3, -0.25) is 24.1 Å². The van der Waals surface area contributed by atoms with E-state index >= 15 is 0 Å². The molecule has 0 aliphatic carbocycles. The van der Waals surface area contributed by atoms with E-state index in [4.69, 9.17) is 4.74 Å². The zero-order chi connectivity index (χ0) is 27.8. The summed E-state index contributed by atoms with van der Waals surface area (Å²) < 4.78 is 48.9. The first-order valence-corrected chi connectivity index (χ1v) is 12.3. The predicted molar refractivity (Wildman–Crippen MR) is 136 cm³/mol. The number of benzene rings is 2. The fourth-order valence-corrected chi connectivity index (χ4v) is 4.60. The molecule has 2 amide bonds. The molecular formula is C28H25F3N4O4. The second-order valence-electron chi connectivity index (χ2n) is 9.42. The summed E-state index contributed by atoms with van der Waals surface area (Å²) >= 11 is 0. The number of rotatable bonds is 6. The van der Waals surface area contributed by atoms with Crippen LogP contribution in [0, 0.1) is 17.5 Å². The number of pyridine rings is 1. The molecule has 2 aromatic carbocycles. The molecule has 8 nitrogen and oxygen atoms in total. The van der Waals surface area contributed by atoms with Crippen LogP contribution in [0.5, 0.6) is 5.75 Å². The Morgan fingerprint density at radius 3 is 2.38 bits per heavy atom. The standard InChI is InChI=1S/C28H25F3N4O4/c1-16-8-9-17(2)35-15-33(16)28(38)24-26(39-14-18-6-4-3-5-7-18)25(36)21(13-34(24)35)27(37)32-12-20-22(30)10-19(29)11-23(20)31/h3-11,13,16-17H,12,14-15H2,1-2H3,(H,32,37). The lowest BCUT2D eigenvalue weighted by Gasteiger charge is -2.42. The Morgan fingerprint density at radius 1 is 1.03 bits per heavy atom. The van der Waals surface area contributed by atoms with Gasteiger partial charge in [0.2, 0.25) is 5.43 Å². The Balaban J connectivity index is 1.57. The first-order valence-electron chi connectivity index (χ1n) is 12.3. The fourth-order valence-electron chi connectivity index (χ4n) is 4.60. The van der Waals surface area contributed by atoms with Gasteiger partial charge in [0.25, 0.3) is 11.8 Å². The Labute approximate surface area is 221 Å². The molecule has 1 aromatic heterocycles. The number of aromatic nitrogens is 1. The van der Waals surface area contributed by atoms with E-state index in [1.54, 1.807) is 34.2 Å². The molecule has 202 valence electrons. The highest BCUT2D eigenvalue weighted by Crippen LogP contribution is 2.28. The lowest BCUT2D eigenvalue weighted by atomic mass is 10.1. The van der Waals surface area contributed by atoms with Crippen LogP contribution in [-0.2, 0) is 13.2 Å². The van der Waals surface area contributed by atoms with Crippen LogP contribution < -0.4 is 20.5 Å². The maximum atomic E-state index is 14.1. The number of nitrogens with one attached hydrogen (secondary N) is 1. The van der Waals surface area contributed by atoms with Crippen molar-refractivity contribution in [2.24, 2.45) is 0 Å². The largest absolute Gasteiger partial charge is 0.482 e. The van der Waals surface area contributed by atoms with Crippen molar-refractivity contribution in [3.05, 3.63) is 111 Å². The second kappa shape index (κ2) is 10.3. The van der Waals surface area contributed by atoms with E-state index in [1.807, 2.05) is 32.1 Å². The third-order valence-corrected chi connectivity index (χ3v) is 6.82. The van der Waals surface area contributed by atoms with Crippen molar-refractivity contribution in [3.8, 4) is 5.75 Å². The molecule has 5 rings (SSSR count). The summed E-state index contributed by atoms with van der Waals surface area (Å²) in [6.45, 7) is 3.27. The zero-order valence-corrected chi connectivity index (χ0v) is 21.2. The molecule has 0 fully saturated rings. The minimum atomic E-state index is -1.17. The summed E-state index contributed by atoms with van der Waals surface area (Å²) in [6.07, 6.45) is 5.03. The monoisotopic (exact) mass is 538 g/mol. The molecule has 0 spiro atoms. The van der Waals surface area contributed by atoms with Crippen molar-refractivity contribution in [2.45, 2.75) is 39.1 Å². The summed E-state index contributed by atoms with van der Waals surface area (Å²) in [5, 5.41) is 4.12. The molecule has 2 aliphatic heterocycles. The van der Waals surface area contributed by atoms with E-state index in [0.717, 1.165) is 5.56 Å². The van der Waals surface area contributed by atoms with E-state index in [2.05, 4.69) is 5.32 Å². The summed E-state index contributed by atoms with van der Waals surface area (Å²) in [4.78, 5) is 42.0. The highest BCUT2D eigenvalue weighted by molar-refractivity contribution is 5.99. The van der Waals surface area contributed by atoms with Crippen molar-refractivity contribution >= 4 is 11.8 Å². The van der Waals surface area contributed by atoms with Crippen LogP contribution in [0.1, 0.15) is 45.8 Å². The van der Waals surface area contributed by atoms with Crippen molar-refractivity contribution in [1.29, 1.82) is 0 Å². The van der Waals surface area contributed by atoms with Crippen molar-refractivity contribution in [2.75, 3.05) is 11.7 Å². The van der Waals surface area contributed by atoms with Crippen LogP contribution in [0.4, 0.5) is 13.2 Å². The Bertz CT molecular complexity index is 1520. The molecule has 0 radical (unpaired) electrons. The molecule has 0 saturated carbocycles. The fraction of sp³-hybridized carbons (Fsp3) is 0.250. The molecule has 2 unspecified atom stereocenters. The maximum absolute atomic E-state index is 14.1. The van der Waals surface area contributed by atoms with E-state index in [-0.39, 0.29) is 42.4 Å². The number of ether oxygens (including phenoxy) is 1. The smallest absolute Gasteiger partial charge is 0.278 e. The minimum absolute atomic E-state index is 0.0308. The third-order valence-electron chi connectivity index (χ3n) is 6.82. The number of hydrogen-bond acceptors (Lipinski definition) is 5. The lowest BCUT2D eigenvalue weighted by molar-refractivity contribution is 0.0649. The lowest BCUT2D eigenvalue weighted by Crippen LogP contribution is -2.57. The Hall–Kier alpha value is -4.54. The Kier molecular flexibility index (Phi) is 6.90. The summed E-state index contributed by atoms with van der Waals surface area (Å²) in [6, 6.07) is 9.52. The Morgan fingerprint density at radius 2 is 1.69 bits per heavy atom. The van der Waals surface area contributed by atoms with Crippen molar-refractivity contribution in [1.82, 2.24) is 14.9 Å². The highest BCUT2D eigenvalue weighted by atomic mass is 19.1. The molecule has 3 heterocycles. The van der Waals surface area contributed by atoms with Crippen molar-refractivity contribution in [3.63, 3.8) is 0 Å². The SMILES string of the molecule is CC1C=CC(C)N2CN1C(=O)c1c(OCc3ccccc3)c(=O)c(C(=O)NCc3c(F)cc(F)cc3F)cn12. The number of hydrogen-bond donors (Lipinski definition) is 1. The zero-order valence-electron chi connectivity index (χ0n) is 21.2. The van der Waals surface area contributed by atoms with E-state index in [0.29, 0.717) is 12.1 Å². The van der Waals surface area contributed by atoms with E-state index < -0.39 is 46.8 Å². The number of fused-ring (bicyclic) bond motifs is 4. The first kappa shape index (κ1) is 26.1. The van der Waals surface area contributed by atoms with Gasteiger partial charge in [0.05, 0.1) is 6.04 Å². The number of carbonyl (C=O) groups excluding carboxylic acids is 2. The van der Waals surface area contributed by atoms with Gasteiger partial charge < -0.3 is 15.0 Å². The van der Waals surface area contributed by atoms with E-state index in [1.165, 1.54) is 10.9 Å². The molecule has 1 N–H and O–H groups in total. The third kappa shape index (κ3) is 4.87. The number of nitrogens with zero attached hydrogens (tertiary/aromatic N) is 3. The maximum Gasteiger partial charge on any atom is 0.278 e. The molecule has 11 heteroatoms. The number of amides is 2. The van der Waals surface area contributed by atoms with Crippen LogP contribution >= 0.6 is 0 Å². The van der Waals surface area contributed by atoms with Gasteiger partial charge in [-0.15, -0.1) is 0 Å². The topological polar surface area (TPSA) is 83.9 Å². The van der Waals surface area contributed by atoms with Crippen LogP contribution in [0.2, 0.25) is 0 Å². The van der Waals surface area contributed by atoms with E-state index in [9.17, 15) is 27.6 Å². The highest BCUT2D eigenvalue weighted by Gasteiger charge is 2.39. The average molecular weight is 539 g/mol. The van der Waals surface area contributed by atoms with Gasteiger partial charge in [-0.1, -0.05) is 42.5 Å². The number of halogens is 3. The molecule has 39 heavy (non-hydrogen) atoms. The van der Waals surface area contributed by atoms with Gasteiger partial charge >= 0.3 is 0 Å². The van der Waals surface area contributed by atoms with Crippen LogP contribution in [0.3, 0.4) is 0 Å². The molecule has 3 aromatic rings. The van der Waals surface area contributed by atoms with Crippen LogP contribution in [0.15, 0.2) is 65.6 Å². The van der Waals surface area contributed by atoms with Gasteiger partial charge in [0.1, 0.15) is 36.3 Å². The minimum Gasteiger partial charge on any atom is -0.482 e. The second-order valence-corrected chi connectivity index (χ2v) is 9.42. The first-order chi connectivity index (χ1) is 18.7. The van der Waals surface area contributed by atoms with Gasteiger partial charge in [-0.05, 0) is 19.4 Å². The summed E-state index contributed by atoms with van der Waals surface area (Å²) in [5.41, 5.74) is -1.10. The molecule has 0 saturated heterocycles. The summed E-state index contributed by atoms with van der Waals surface area (Å²) in [5.74, 6) is -5.14. The molecule has 2 bridgehead atoms. The van der Waals surface area contributed by atoms with Gasteiger partial charge in [0, 0.05) is 36.5 Å². The predicted octanol–water partition coefficient (Wildman–Crippen LogP) is 3.47. The van der Waals surface area contributed by atoms with Gasteiger partial charge in [-0.2, -0.15) is 0 Å². The van der Waals surface area contributed by atoms with Crippen LogP contribution in [-0.4, -0.2) is 40.1 Å².